The second kappa shape index (κ2) is 13.9. The zero-order valence-corrected chi connectivity index (χ0v) is 27.3. The fourth-order valence-corrected chi connectivity index (χ4v) is 7.08. The van der Waals surface area contributed by atoms with E-state index in [9.17, 15) is 29.1 Å². The summed E-state index contributed by atoms with van der Waals surface area (Å²) < 4.78 is 0. The Labute approximate surface area is 266 Å². The van der Waals surface area contributed by atoms with Crippen molar-refractivity contribution in [1.29, 1.82) is 0 Å². The van der Waals surface area contributed by atoms with Crippen LogP contribution in [0.5, 0.6) is 0 Å². The summed E-state index contributed by atoms with van der Waals surface area (Å²) in [5.74, 6) is -2.71. The number of aliphatic hydroxyl groups excluding tert-OH is 1. The number of benzene rings is 1. The van der Waals surface area contributed by atoms with Gasteiger partial charge >= 0.3 is 6.03 Å². The van der Waals surface area contributed by atoms with Crippen molar-refractivity contribution >= 4 is 29.5 Å². The van der Waals surface area contributed by atoms with Crippen molar-refractivity contribution in [2.24, 2.45) is 28.9 Å². The predicted molar refractivity (Wildman–Crippen MR) is 169 cm³/mol. The van der Waals surface area contributed by atoms with Gasteiger partial charge in [0.15, 0.2) is 0 Å². The van der Waals surface area contributed by atoms with Crippen molar-refractivity contribution < 1.29 is 29.1 Å². The molecule has 4 rings (SSSR count). The molecule has 2 unspecified atom stereocenters. The molecule has 3 aliphatic rings. The largest absolute Gasteiger partial charge is 0.386 e. The van der Waals surface area contributed by atoms with Crippen molar-refractivity contribution in [3.8, 4) is 0 Å². The van der Waals surface area contributed by atoms with Gasteiger partial charge in [-0.15, -0.1) is 0 Å². The van der Waals surface area contributed by atoms with Crippen molar-refractivity contribution in [1.82, 2.24) is 20.9 Å². The lowest BCUT2D eigenvalue weighted by molar-refractivity contribution is -0.144. The minimum Gasteiger partial charge on any atom is -0.386 e. The van der Waals surface area contributed by atoms with Crippen molar-refractivity contribution in [2.45, 2.75) is 116 Å². The van der Waals surface area contributed by atoms with Gasteiger partial charge in [-0.25, -0.2) is 4.79 Å². The molecule has 1 saturated heterocycles. The molecule has 0 spiro atoms. The maximum atomic E-state index is 14.3. The minimum absolute atomic E-state index is 0.0540. The van der Waals surface area contributed by atoms with Crippen molar-refractivity contribution in [3.05, 3.63) is 35.9 Å². The molecule has 0 bridgehead atoms. The highest BCUT2D eigenvalue weighted by molar-refractivity contribution is 6.37. The van der Waals surface area contributed by atoms with Gasteiger partial charge in [0.2, 0.25) is 17.6 Å². The Morgan fingerprint density at radius 2 is 1.62 bits per heavy atom. The van der Waals surface area contributed by atoms with Crippen LogP contribution in [0.2, 0.25) is 0 Å². The van der Waals surface area contributed by atoms with Crippen LogP contribution in [0.4, 0.5) is 4.79 Å². The van der Waals surface area contributed by atoms with Crippen LogP contribution in [0.1, 0.15) is 97.7 Å². The van der Waals surface area contributed by atoms with Gasteiger partial charge in [0.1, 0.15) is 18.2 Å². The Hall–Kier alpha value is -3.47. The zero-order valence-electron chi connectivity index (χ0n) is 27.3. The third kappa shape index (κ3) is 8.04. The maximum Gasteiger partial charge on any atom is 0.315 e. The van der Waals surface area contributed by atoms with Gasteiger partial charge in [0.05, 0.1) is 11.6 Å². The summed E-state index contributed by atoms with van der Waals surface area (Å²) in [6.07, 6.45) is 4.75. The molecule has 1 aliphatic heterocycles. The number of hydrogen-bond donors (Lipinski definition) is 5. The summed E-state index contributed by atoms with van der Waals surface area (Å²) >= 11 is 0. The molecule has 2 saturated carbocycles. The summed E-state index contributed by atoms with van der Waals surface area (Å²) in [5, 5.41) is 20.1. The lowest BCUT2D eigenvalue weighted by Crippen LogP contribution is -2.63. The molecule has 0 radical (unpaired) electrons. The molecule has 1 aromatic carbocycles. The molecule has 3 fully saturated rings. The van der Waals surface area contributed by atoms with E-state index in [1.54, 1.807) is 0 Å². The van der Waals surface area contributed by atoms with Gasteiger partial charge < -0.3 is 31.7 Å². The third-order valence-corrected chi connectivity index (χ3v) is 9.88. The number of hydrogen-bond acceptors (Lipinski definition) is 6. The second-order valence-electron chi connectivity index (χ2n) is 14.7. The number of ketones is 1. The van der Waals surface area contributed by atoms with E-state index in [1.165, 1.54) is 4.90 Å². The standard InChI is InChI=1S/C34H51N5O6/c1-20(2)23-15-18-39(25(23)30(43)36-24(19-21-13-14-21)26(40)29(35)42)31(44)27(33(3,4)5)37-32(45)38-34(16-9-10-17-34)28(41)22-11-7-6-8-12-22/h6-8,11-12,20-21,23-25,27-28,41H,9-10,13-19H2,1-5H3,(H2,35,42)(H,36,43)(H2,37,38,45)/t23-,24?,25+,27-,28?/m1/s1. The Kier molecular flexibility index (Phi) is 10.6. The molecular formula is C34H51N5O6. The van der Waals surface area contributed by atoms with E-state index in [-0.39, 0.29) is 17.8 Å². The fourth-order valence-electron chi connectivity index (χ4n) is 7.08. The van der Waals surface area contributed by atoms with Gasteiger partial charge in [-0.05, 0) is 54.4 Å². The van der Waals surface area contributed by atoms with Crippen LogP contribution in [0.15, 0.2) is 30.3 Å². The number of rotatable bonds is 12. The van der Waals surface area contributed by atoms with Crippen LogP contribution in [-0.2, 0) is 19.2 Å². The summed E-state index contributed by atoms with van der Waals surface area (Å²) in [5.41, 5.74) is 4.42. The van der Waals surface area contributed by atoms with Gasteiger partial charge in [-0.3, -0.25) is 19.2 Å². The topological polar surface area (TPSA) is 171 Å². The van der Waals surface area contributed by atoms with Crippen LogP contribution >= 0.6 is 0 Å². The van der Waals surface area contributed by atoms with Crippen molar-refractivity contribution in [3.63, 3.8) is 0 Å². The molecule has 11 heteroatoms. The average molecular weight is 626 g/mol. The predicted octanol–water partition coefficient (Wildman–Crippen LogP) is 2.96. The Morgan fingerprint density at radius 3 is 2.16 bits per heavy atom. The number of nitrogens with one attached hydrogen (secondary N) is 3. The quantitative estimate of drug-likeness (QED) is 0.224. The van der Waals surface area contributed by atoms with Crippen LogP contribution in [0.25, 0.3) is 0 Å². The number of carbonyl (C=O) groups is 5. The van der Waals surface area contributed by atoms with Crippen LogP contribution < -0.4 is 21.7 Å². The molecule has 6 N–H and O–H groups in total. The molecule has 1 aromatic rings. The minimum atomic E-state index is -1.10. The summed E-state index contributed by atoms with van der Waals surface area (Å²) in [7, 11) is 0. The molecule has 5 atom stereocenters. The van der Waals surface area contributed by atoms with E-state index in [2.05, 4.69) is 16.0 Å². The van der Waals surface area contributed by atoms with E-state index in [4.69, 9.17) is 5.73 Å². The second-order valence-corrected chi connectivity index (χ2v) is 14.7. The first-order valence-corrected chi connectivity index (χ1v) is 16.4. The number of amides is 5. The van der Waals surface area contributed by atoms with Gasteiger partial charge in [-0.1, -0.05) is 90.6 Å². The molecule has 45 heavy (non-hydrogen) atoms. The first-order valence-electron chi connectivity index (χ1n) is 16.4. The Balaban J connectivity index is 1.54. The first kappa shape index (κ1) is 34.4. The lowest BCUT2D eigenvalue weighted by Gasteiger charge is -2.39. The molecule has 248 valence electrons. The van der Waals surface area contributed by atoms with Gasteiger partial charge in [0.25, 0.3) is 5.91 Å². The van der Waals surface area contributed by atoms with Crippen molar-refractivity contribution in [2.75, 3.05) is 6.54 Å². The molecule has 5 amide bonds. The summed E-state index contributed by atoms with van der Waals surface area (Å²) in [6.45, 7) is 9.83. The highest BCUT2D eigenvalue weighted by Gasteiger charge is 2.49. The normalized spacial score (nSPS) is 23.2. The first-order chi connectivity index (χ1) is 21.1. The van der Waals surface area contributed by atoms with E-state index < -0.39 is 64.7 Å². The lowest BCUT2D eigenvalue weighted by atomic mass is 9.84. The summed E-state index contributed by atoms with van der Waals surface area (Å²) in [4.78, 5) is 67.7. The molecular weight excluding hydrogens is 574 g/mol. The van der Waals surface area contributed by atoms with E-state index in [0.29, 0.717) is 37.8 Å². The van der Waals surface area contributed by atoms with E-state index >= 15 is 0 Å². The molecule has 2 aliphatic carbocycles. The number of likely N-dealkylation sites (tertiary alicyclic amines) is 1. The number of urea groups is 1. The number of nitrogens with zero attached hydrogens (tertiary/aromatic N) is 1. The highest BCUT2D eigenvalue weighted by atomic mass is 16.3. The average Bonchev–Trinajstić information content (AvgIpc) is 3.47. The SMILES string of the molecule is CC(C)[C@H]1CCN(C(=O)[C@@H](NC(=O)NC2(C(O)c3ccccc3)CCCC2)C(C)(C)C)[C@@H]1C(=O)NC(CC1CC1)C(=O)C(N)=O. The number of carbonyl (C=O) groups excluding carboxylic acids is 5. The highest BCUT2D eigenvalue weighted by Crippen LogP contribution is 2.40. The van der Waals surface area contributed by atoms with Crippen LogP contribution in [-0.4, -0.2) is 69.8 Å². The third-order valence-electron chi connectivity index (χ3n) is 9.88. The number of primary amides is 1. The van der Waals surface area contributed by atoms with Crippen LogP contribution in [0.3, 0.4) is 0 Å². The Morgan fingerprint density at radius 1 is 1.00 bits per heavy atom. The zero-order chi connectivity index (χ0) is 33.1. The smallest absolute Gasteiger partial charge is 0.315 e. The van der Waals surface area contributed by atoms with Crippen LogP contribution in [0, 0.1) is 23.2 Å². The van der Waals surface area contributed by atoms with Gasteiger partial charge in [-0.2, -0.15) is 0 Å². The fraction of sp³-hybridized carbons (Fsp3) is 0.676. The van der Waals surface area contributed by atoms with Gasteiger partial charge in [0, 0.05) is 6.54 Å². The number of Topliss-reactive ketones (excluding diaryl/α,β-unsaturated/α-hetero) is 1. The van der Waals surface area contributed by atoms with E-state index in [0.717, 1.165) is 25.7 Å². The molecule has 0 aromatic heterocycles. The Bertz CT molecular complexity index is 1250. The molecule has 11 nitrogen and oxygen atoms in total. The number of aliphatic hydroxyl groups is 1. The maximum absolute atomic E-state index is 14.3. The number of nitrogens with two attached hydrogens (primary N) is 1. The molecule has 1 heterocycles. The van der Waals surface area contributed by atoms with E-state index in [1.807, 2.05) is 65.0 Å². The summed E-state index contributed by atoms with van der Waals surface area (Å²) in [6, 6.07) is 5.78. The monoisotopic (exact) mass is 625 g/mol.